The molecular formula is C16H19ClO4. The maximum atomic E-state index is 12.1. The van der Waals surface area contributed by atoms with Gasteiger partial charge < -0.3 is 9.84 Å². The zero-order chi connectivity index (χ0) is 16.0. The molecule has 5 heteroatoms. The minimum atomic E-state index is -1.63. The predicted octanol–water partition coefficient (Wildman–Crippen LogP) is 3.48. The summed E-state index contributed by atoms with van der Waals surface area (Å²) in [5, 5.41) is 10.2. The van der Waals surface area contributed by atoms with Crippen molar-refractivity contribution in [1.29, 1.82) is 0 Å². The van der Waals surface area contributed by atoms with E-state index < -0.39 is 17.4 Å². The smallest absolute Gasteiger partial charge is 0.323 e. The summed E-state index contributed by atoms with van der Waals surface area (Å²) in [4.78, 5) is 23.9. The highest BCUT2D eigenvalue weighted by molar-refractivity contribution is 6.30. The number of carbonyl (C=O) groups is 2. The third-order valence-corrected chi connectivity index (χ3v) is 3.52. The van der Waals surface area contributed by atoms with Crippen LogP contribution in [0.3, 0.4) is 0 Å². The van der Waals surface area contributed by atoms with E-state index in [1.54, 1.807) is 30.3 Å². The Morgan fingerprint density at radius 3 is 2.29 bits per heavy atom. The molecule has 1 aromatic carbocycles. The summed E-state index contributed by atoms with van der Waals surface area (Å²) < 4.78 is 4.73. The second-order valence-corrected chi connectivity index (χ2v) is 5.60. The van der Waals surface area contributed by atoms with Gasteiger partial charge in [-0.15, -0.1) is 0 Å². The van der Waals surface area contributed by atoms with Crippen molar-refractivity contribution >= 4 is 23.5 Å². The normalized spacial score (nSPS) is 13.1. The van der Waals surface area contributed by atoms with Crippen LogP contribution in [0.25, 0.3) is 0 Å². The third kappa shape index (κ3) is 4.33. The molecule has 4 nitrogen and oxygen atoms in total. The maximum Gasteiger partial charge on any atom is 0.323 e. The van der Waals surface area contributed by atoms with Crippen molar-refractivity contribution in [3.8, 4) is 0 Å². The molecule has 0 amide bonds. The number of carboxylic acids is 1. The lowest BCUT2D eigenvalue weighted by atomic mass is 9.78. The number of rotatable bonds is 6. The molecule has 0 bridgehead atoms. The van der Waals surface area contributed by atoms with Gasteiger partial charge in [0.05, 0.1) is 7.11 Å². The summed E-state index contributed by atoms with van der Waals surface area (Å²) in [7, 11) is 1.20. The topological polar surface area (TPSA) is 63.6 Å². The van der Waals surface area contributed by atoms with E-state index in [1.807, 2.05) is 13.8 Å². The van der Waals surface area contributed by atoms with Crippen LogP contribution in [0.1, 0.15) is 25.8 Å². The van der Waals surface area contributed by atoms with Crippen molar-refractivity contribution in [2.75, 3.05) is 7.11 Å². The van der Waals surface area contributed by atoms with Gasteiger partial charge in [-0.25, -0.2) is 0 Å². The van der Waals surface area contributed by atoms with Gasteiger partial charge in [0.25, 0.3) is 0 Å². The summed E-state index contributed by atoms with van der Waals surface area (Å²) in [5.41, 5.74) is 0.0369. The molecule has 0 saturated heterocycles. The average Bonchev–Trinajstić information content (AvgIpc) is 2.44. The fourth-order valence-electron chi connectivity index (χ4n) is 2.00. The molecule has 0 fully saturated rings. The van der Waals surface area contributed by atoms with Crippen LogP contribution in [0.2, 0.25) is 5.02 Å². The summed E-state index contributed by atoms with van der Waals surface area (Å²) >= 11 is 5.82. The van der Waals surface area contributed by atoms with Crippen molar-refractivity contribution in [3.05, 3.63) is 46.5 Å². The Kier molecular flexibility index (Phi) is 5.97. The van der Waals surface area contributed by atoms with Crippen molar-refractivity contribution in [1.82, 2.24) is 0 Å². The van der Waals surface area contributed by atoms with Gasteiger partial charge >= 0.3 is 11.9 Å². The summed E-state index contributed by atoms with van der Waals surface area (Å²) in [6.45, 7) is 3.71. The molecule has 0 spiro atoms. The zero-order valence-corrected chi connectivity index (χ0v) is 13.1. The average molecular weight is 311 g/mol. The van der Waals surface area contributed by atoms with Gasteiger partial charge in [0, 0.05) is 5.02 Å². The van der Waals surface area contributed by atoms with E-state index in [4.69, 9.17) is 16.3 Å². The number of aliphatic carboxylic acids is 1. The molecule has 114 valence electrons. The van der Waals surface area contributed by atoms with E-state index >= 15 is 0 Å². The van der Waals surface area contributed by atoms with Gasteiger partial charge in [0.15, 0.2) is 5.41 Å². The molecule has 0 aliphatic carbocycles. The first kappa shape index (κ1) is 17.2. The molecule has 1 atom stereocenters. The van der Waals surface area contributed by atoms with Crippen molar-refractivity contribution < 1.29 is 19.4 Å². The van der Waals surface area contributed by atoms with Crippen LogP contribution in [-0.4, -0.2) is 24.2 Å². The van der Waals surface area contributed by atoms with Gasteiger partial charge in [-0.1, -0.05) is 35.4 Å². The Bertz CT molecular complexity index is 544. The number of methoxy groups -OCH3 is 1. The van der Waals surface area contributed by atoms with Gasteiger partial charge in [-0.2, -0.15) is 0 Å². The monoisotopic (exact) mass is 310 g/mol. The number of esters is 1. The Hall–Kier alpha value is -1.81. The number of hydrogen-bond donors (Lipinski definition) is 1. The Labute approximate surface area is 129 Å². The predicted molar refractivity (Wildman–Crippen MR) is 81.3 cm³/mol. The highest BCUT2D eigenvalue weighted by Crippen LogP contribution is 2.31. The first-order chi connectivity index (χ1) is 9.81. The van der Waals surface area contributed by atoms with Crippen LogP contribution in [0.5, 0.6) is 0 Å². The van der Waals surface area contributed by atoms with Crippen LogP contribution in [0, 0.1) is 5.41 Å². The molecular weight excluding hydrogens is 292 g/mol. The summed E-state index contributed by atoms with van der Waals surface area (Å²) in [6.07, 6.45) is 1.87. The van der Waals surface area contributed by atoms with Crippen LogP contribution < -0.4 is 0 Å². The number of halogens is 1. The van der Waals surface area contributed by atoms with Crippen molar-refractivity contribution in [3.63, 3.8) is 0 Å². The number of benzene rings is 1. The molecule has 0 aliphatic heterocycles. The molecule has 0 saturated carbocycles. The molecule has 1 unspecified atom stereocenters. The number of ether oxygens (including phenoxy) is 1. The lowest BCUT2D eigenvalue weighted by molar-refractivity contribution is -0.166. The fourth-order valence-corrected chi connectivity index (χ4v) is 2.13. The highest BCUT2D eigenvalue weighted by atomic mass is 35.5. The number of hydrogen-bond acceptors (Lipinski definition) is 3. The molecule has 21 heavy (non-hydrogen) atoms. The quantitative estimate of drug-likeness (QED) is 0.496. The molecule has 0 aliphatic rings. The maximum absolute atomic E-state index is 12.1. The van der Waals surface area contributed by atoms with Crippen LogP contribution in [0.15, 0.2) is 35.9 Å². The molecule has 0 aromatic heterocycles. The Morgan fingerprint density at radius 2 is 1.86 bits per heavy atom. The van der Waals surface area contributed by atoms with Gasteiger partial charge in [0.2, 0.25) is 0 Å². The van der Waals surface area contributed by atoms with Gasteiger partial charge in [0.1, 0.15) is 0 Å². The minimum Gasteiger partial charge on any atom is -0.480 e. The first-order valence-electron chi connectivity index (χ1n) is 6.51. The minimum absolute atomic E-state index is 0.0515. The molecule has 1 N–H and O–H groups in total. The third-order valence-electron chi connectivity index (χ3n) is 3.26. The molecule has 1 rings (SSSR count). The molecule has 1 aromatic rings. The van der Waals surface area contributed by atoms with Crippen molar-refractivity contribution in [2.45, 2.75) is 26.7 Å². The lowest BCUT2D eigenvalue weighted by Crippen LogP contribution is -2.42. The number of allylic oxidation sites excluding steroid dienone is 2. The van der Waals surface area contributed by atoms with Gasteiger partial charge in [-0.3, -0.25) is 9.59 Å². The molecule has 0 heterocycles. The van der Waals surface area contributed by atoms with Crippen molar-refractivity contribution in [2.24, 2.45) is 5.41 Å². The highest BCUT2D eigenvalue weighted by Gasteiger charge is 2.46. The van der Waals surface area contributed by atoms with Gasteiger partial charge in [-0.05, 0) is 44.4 Å². The summed E-state index contributed by atoms with van der Waals surface area (Å²) in [6, 6.07) is 6.76. The fraction of sp³-hybridized carbons (Fsp3) is 0.375. The van der Waals surface area contributed by atoms with E-state index in [2.05, 4.69) is 0 Å². The van der Waals surface area contributed by atoms with E-state index in [1.165, 1.54) is 7.11 Å². The number of carbonyl (C=O) groups excluding carboxylic acids is 1. The Morgan fingerprint density at radius 1 is 1.29 bits per heavy atom. The number of carboxylic acid groups (broad SMARTS) is 1. The van der Waals surface area contributed by atoms with E-state index in [9.17, 15) is 14.7 Å². The first-order valence-corrected chi connectivity index (χ1v) is 6.89. The summed E-state index contributed by atoms with van der Waals surface area (Å²) in [5.74, 6) is -1.94. The zero-order valence-electron chi connectivity index (χ0n) is 12.4. The van der Waals surface area contributed by atoms with Crippen LogP contribution in [-0.2, 0) is 20.7 Å². The SMILES string of the molecule is COC(=O)C(CC=C(C)C)(Cc1ccc(Cl)cc1)C(=O)O. The standard InChI is InChI=1S/C16H19ClO4/c1-11(2)8-9-16(14(18)19,15(20)21-3)10-12-4-6-13(17)7-5-12/h4-8H,9-10H2,1-3H3,(H,18,19). The Balaban J connectivity index is 3.21. The van der Waals surface area contributed by atoms with Crippen LogP contribution in [0.4, 0.5) is 0 Å². The van der Waals surface area contributed by atoms with Crippen LogP contribution >= 0.6 is 11.6 Å². The van der Waals surface area contributed by atoms with E-state index in [0.717, 1.165) is 5.57 Å². The second kappa shape index (κ2) is 7.27. The largest absolute Gasteiger partial charge is 0.480 e. The lowest BCUT2D eigenvalue weighted by Gasteiger charge is -2.25. The molecule has 0 radical (unpaired) electrons. The second-order valence-electron chi connectivity index (χ2n) is 5.17. The van der Waals surface area contributed by atoms with E-state index in [0.29, 0.717) is 10.6 Å². The van der Waals surface area contributed by atoms with E-state index in [-0.39, 0.29) is 12.8 Å².